The van der Waals surface area contributed by atoms with Gasteiger partial charge in [0.1, 0.15) is 5.75 Å². The first-order valence-corrected chi connectivity index (χ1v) is 6.01. The van der Waals surface area contributed by atoms with Gasteiger partial charge < -0.3 is 9.47 Å². The Morgan fingerprint density at radius 2 is 2.22 bits per heavy atom. The minimum atomic E-state index is -0.359. The van der Waals surface area contributed by atoms with Crippen LogP contribution in [-0.2, 0) is 9.53 Å². The summed E-state index contributed by atoms with van der Waals surface area (Å²) in [5, 5.41) is 0. The van der Waals surface area contributed by atoms with Crippen molar-refractivity contribution in [3.05, 3.63) is 29.3 Å². The summed E-state index contributed by atoms with van der Waals surface area (Å²) in [6.45, 7) is 2.31. The molecular weight excluding hydrogens is 232 g/mol. The number of esters is 1. The molecule has 1 atom stereocenters. The van der Waals surface area contributed by atoms with Crippen LogP contribution in [0.25, 0.3) is 0 Å². The van der Waals surface area contributed by atoms with E-state index in [9.17, 15) is 9.59 Å². The lowest BCUT2D eigenvalue weighted by atomic mass is 9.97. The quantitative estimate of drug-likeness (QED) is 0.754. The fraction of sp³-hybridized carbons (Fsp3) is 0.429. The average Bonchev–Trinajstić information content (AvgIpc) is 2.58. The van der Waals surface area contributed by atoms with E-state index < -0.39 is 0 Å². The van der Waals surface area contributed by atoms with Gasteiger partial charge in [-0.3, -0.25) is 9.59 Å². The Balaban J connectivity index is 2.34. The monoisotopic (exact) mass is 248 g/mol. The van der Waals surface area contributed by atoms with Gasteiger partial charge in [-0.05, 0) is 31.0 Å². The predicted molar refractivity (Wildman–Crippen MR) is 65.9 cm³/mol. The molecule has 1 unspecified atom stereocenters. The van der Waals surface area contributed by atoms with Crippen LogP contribution >= 0.6 is 0 Å². The summed E-state index contributed by atoms with van der Waals surface area (Å²) >= 11 is 0. The van der Waals surface area contributed by atoms with Gasteiger partial charge in [0.2, 0.25) is 0 Å². The molecule has 1 heterocycles. The molecule has 2 rings (SSSR count). The molecule has 1 aliphatic heterocycles. The molecule has 0 fully saturated rings. The van der Waals surface area contributed by atoms with Gasteiger partial charge in [0.25, 0.3) is 0 Å². The van der Waals surface area contributed by atoms with Crippen LogP contribution in [0.1, 0.15) is 41.6 Å². The Labute approximate surface area is 106 Å². The lowest BCUT2D eigenvalue weighted by molar-refractivity contribution is -0.141. The Bertz CT molecular complexity index is 479. The maximum Gasteiger partial charge on any atom is 0.312 e. The molecule has 0 spiro atoms. The molecule has 4 heteroatoms. The number of methoxy groups -OCH3 is 1. The molecule has 0 saturated heterocycles. The highest BCUT2D eigenvalue weighted by molar-refractivity contribution is 5.99. The molecule has 0 radical (unpaired) electrons. The molecule has 96 valence electrons. The van der Waals surface area contributed by atoms with E-state index in [1.165, 1.54) is 7.11 Å². The third kappa shape index (κ3) is 2.37. The SMILES string of the molecule is COC(=O)C(C)c1ccc2c(c1)OCCCC2=O. The third-order valence-electron chi connectivity index (χ3n) is 3.17. The number of rotatable bonds is 2. The third-order valence-corrected chi connectivity index (χ3v) is 3.17. The van der Waals surface area contributed by atoms with Gasteiger partial charge in [-0.2, -0.15) is 0 Å². The van der Waals surface area contributed by atoms with Crippen molar-refractivity contribution >= 4 is 11.8 Å². The first-order valence-electron chi connectivity index (χ1n) is 6.01. The Morgan fingerprint density at radius 1 is 1.44 bits per heavy atom. The first-order chi connectivity index (χ1) is 8.63. The lowest BCUT2D eigenvalue weighted by Crippen LogP contribution is -2.11. The minimum absolute atomic E-state index is 0.0970. The van der Waals surface area contributed by atoms with Crippen LogP contribution in [0.2, 0.25) is 0 Å². The highest BCUT2D eigenvalue weighted by Gasteiger charge is 2.21. The van der Waals surface area contributed by atoms with Crippen LogP contribution in [0.15, 0.2) is 18.2 Å². The number of Topliss-reactive ketones (excluding diaryl/α,β-unsaturated/α-hetero) is 1. The molecule has 0 aromatic heterocycles. The molecule has 1 aromatic carbocycles. The van der Waals surface area contributed by atoms with Crippen molar-refractivity contribution in [1.82, 2.24) is 0 Å². The molecule has 1 aliphatic rings. The van der Waals surface area contributed by atoms with Crippen molar-refractivity contribution in [2.45, 2.75) is 25.7 Å². The van der Waals surface area contributed by atoms with E-state index in [-0.39, 0.29) is 17.7 Å². The second-order valence-electron chi connectivity index (χ2n) is 4.38. The van der Waals surface area contributed by atoms with Crippen molar-refractivity contribution in [3.63, 3.8) is 0 Å². The summed E-state index contributed by atoms with van der Waals surface area (Å²) in [5.41, 5.74) is 1.41. The maximum absolute atomic E-state index is 11.8. The summed E-state index contributed by atoms with van der Waals surface area (Å²) in [6.07, 6.45) is 1.24. The zero-order valence-corrected chi connectivity index (χ0v) is 10.6. The minimum Gasteiger partial charge on any atom is -0.493 e. The van der Waals surface area contributed by atoms with Crippen molar-refractivity contribution < 1.29 is 19.1 Å². The van der Waals surface area contributed by atoms with Gasteiger partial charge >= 0.3 is 5.97 Å². The van der Waals surface area contributed by atoms with Gasteiger partial charge in [-0.1, -0.05) is 6.07 Å². The number of benzene rings is 1. The predicted octanol–water partition coefficient (Wildman–Crippen LogP) is 2.32. The van der Waals surface area contributed by atoms with Crippen molar-refractivity contribution in [3.8, 4) is 5.75 Å². The van der Waals surface area contributed by atoms with E-state index in [0.29, 0.717) is 24.3 Å². The number of carbonyl (C=O) groups excluding carboxylic acids is 2. The largest absolute Gasteiger partial charge is 0.493 e. The van der Waals surface area contributed by atoms with Crippen LogP contribution in [0.3, 0.4) is 0 Å². The molecule has 1 aromatic rings. The summed E-state index contributed by atoms with van der Waals surface area (Å²) in [5.74, 6) is 0.0164. The van der Waals surface area contributed by atoms with Crippen molar-refractivity contribution in [1.29, 1.82) is 0 Å². The zero-order chi connectivity index (χ0) is 13.1. The molecular formula is C14H16O4. The molecule has 0 saturated carbocycles. The number of ketones is 1. The van der Waals surface area contributed by atoms with Crippen LogP contribution < -0.4 is 4.74 Å². The van der Waals surface area contributed by atoms with Gasteiger partial charge in [0.15, 0.2) is 5.78 Å². The van der Waals surface area contributed by atoms with E-state index >= 15 is 0 Å². The van der Waals surface area contributed by atoms with Crippen molar-refractivity contribution in [2.75, 3.05) is 13.7 Å². The number of ether oxygens (including phenoxy) is 2. The fourth-order valence-electron chi connectivity index (χ4n) is 2.02. The first kappa shape index (κ1) is 12.6. The number of hydrogen-bond acceptors (Lipinski definition) is 4. The number of hydrogen-bond donors (Lipinski definition) is 0. The number of carbonyl (C=O) groups is 2. The van der Waals surface area contributed by atoms with Gasteiger partial charge in [0, 0.05) is 6.42 Å². The zero-order valence-electron chi connectivity index (χ0n) is 10.6. The summed E-state index contributed by atoms with van der Waals surface area (Å²) in [6, 6.07) is 5.28. The van der Waals surface area contributed by atoms with Crippen LogP contribution in [0.5, 0.6) is 5.75 Å². The smallest absolute Gasteiger partial charge is 0.312 e. The Kier molecular flexibility index (Phi) is 3.65. The fourth-order valence-corrected chi connectivity index (χ4v) is 2.02. The van der Waals surface area contributed by atoms with Crippen LogP contribution in [0, 0.1) is 0 Å². The number of fused-ring (bicyclic) bond motifs is 1. The second-order valence-corrected chi connectivity index (χ2v) is 4.38. The van der Waals surface area contributed by atoms with Gasteiger partial charge in [-0.15, -0.1) is 0 Å². The van der Waals surface area contributed by atoms with Crippen LogP contribution in [0.4, 0.5) is 0 Å². The molecule has 0 amide bonds. The highest BCUT2D eigenvalue weighted by atomic mass is 16.5. The normalized spacial score (nSPS) is 16.2. The average molecular weight is 248 g/mol. The Morgan fingerprint density at radius 3 is 2.94 bits per heavy atom. The van der Waals surface area contributed by atoms with Gasteiger partial charge in [0.05, 0.1) is 25.2 Å². The van der Waals surface area contributed by atoms with Gasteiger partial charge in [-0.25, -0.2) is 0 Å². The van der Waals surface area contributed by atoms with E-state index in [1.807, 2.05) is 0 Å². The molecule has 0 bridgehead atoms. The lowest BCUT2D eigenvalue weighted by Gasteiger charge is -2.12. The highest BCUT2D eigenvalue weighted by Crippen LogP contribution is 2.28. The van der Waals surface area contributed by atoms with Crippen molar-refractivity contribution in [2.24, 2.45) is 0 Å². The summed E-state index contributed by atoms with van der Waals surface area (Å²) < 4.78 is 10.3. The standard InChI is InChI=1S/C14H16O4/c1-9(14(16)17-2)10-5-6-11-12(15)4-3-7-18-13(11)8-10/h5-6,8-9H,3-4,7H2,1-2H3. The molecule has 0 N–H and O–H groups in total. The topological polar surface area (TPSA) is 52.6 Å². The van der Waals surface area contributed by atoms with Crippen LogP contribution in [-0.4, -0.2) is 25.5 Å². The second kappa shape index (κ2) is 5.21. The summed E-state index contributed by atoms with van der Waals surface area (Å²) in [4.78, 5) is 23.3. The van der Waals surface area contributed by atoms with E-state index in [4.69, 9.17) is 9.47 Å². The molecule has 0 aliphatic carbocycles. The van der Waals surface area contributed by atoms with E-state index in [2.05, 4.69) is 0 Å². The van der Waals surface area contributed by atoms with E-state index in [1.54, 1.807) is 25.1 Å². The molecule has 4 nitrogen and oxygen atoms in total. The molecule has 18 heavy (non-hydrogen) atoms. The summed E-state index contributed by atoms with van der Waals surface area (Å²) in [7, 11) is 1.36. The van der Waals surface area contributed by atoms with E-state index in [0.717, 1.165) is 12.0 Å². The maximum atomic E-state index is 11.8. The Hall–Kier alpha value is -1.84.